The van der Waals surface area contributed by atoms with Gasteiger partial charge in [-0.1, -0.05) is 37.5 Å². The molecule has 112 valence electrons. The van der Waals surface area contributed by atoms with Crippen molar-refractivity contribution in [3.63, 3.8) is 0 Å². The van der Waals surface area contributed by atoms with Crippen LogP contribution in [0.3, 0.4) is 0 Å². The van der Waals surface area contributed by atoms with E-state index in [0.29, 0.717) is 0 Å². The molecule has 0 aromatic heterocycles. The van der Waals surface area contributed by atoms with Gasteiger partial charge in [0.1, 0.15) is 11.6 Å². The van der Waals surface area contributed by atoms with E-state index in [2.05, 4.69) is 5.32 Å². The van der Waals surface area contributed by atoms with Gasteiger partial charge in [0.25, 0.3) is 5.91 Å². The summed E-state index contributed by atoms with van der Waals surface area (Å²) in [6.07, 6.45) is 4.66. The second-order valence-corrected chi connectivity index (χ2v) is 6.27. The lowest BCUT2D eigenvalue weighted by atomic mass is 9.78. The van der Waals surface area contributed by atoms with Crippen LogP contribution in [0.5, 0.6) is 0 Å². The maximum absolute atomic E-state index is 13.1. The fourth-order valence-electron chi connectivity index (χ4n) is 3.56. The minimum atomic E-state index is -0.676. The molecule has 1 heterocycles. The van der Waals surface area contributed by atoms with Gasteiger partial charge in [-0.3, -0.25) is 14.5 Å². The van der Waals surface area contributed by atoms with Crippen LogP contribution in [0.25, 0.3) is 0 Å². The topological polar surface area (TPSA) is 49.4 Å². The normalized spacial score (nSPS) is 25.0. The van der Waals surface area contributed by atoms with Crippen molar-refractivity contribution in [3.8, 4) is 0 Å². The maximum Gasteiger partial charge on any atom is 0.253 e. The Morgan fingerprint density at radius 2 is 1.81 bits per heavy atom. The third-order valence-corrected chi connectivity index (χ3v) is 4.84. The molecule has 2 amide bonds. The monoisotopic (exact) mass is 286 g/mol. The molecule has 2 aliphatic rings. The molecule has 1 unspecified atom stereocenters. The third-order valence-electron chi connectivity index (χ3n) is 4.84. The van der Waals surface area contributed by atoms with Crippen LogP contribution in [0.15, 0.2) is 24.3 Å². The number of hydrogen-bond acceptors (Lipinski definition) is 2. The summed E-state index contributed by atoms with van der Waals surface area (Å²) in [5.74, 6) is 0.0170. The Kier molecular flexibility index (Phi) is 3.47. The molecule has 1 atom stereocenters. The Labute approximate surface area is 125 Å². The zero-order chi connectivity index (χ0) is 15.0. The van der Waals surface area contributed by atoms with Gasteiger partial charge in [-0.2, -0.15) is 0 Å². The molecule has 3 rings (SSSR count). The number of piperazine rings is 1. The Hall–Kier alpha value is -1.84. The van der Waals surface area contributed by atoms with Crippen LogP contribution >= 0.6 is 0 Å². The number of carbonyl (C=O) groups excluding carboxylic acids is 2. The average Bonchev–Trinajstić information content (AvgIpc) is 2.48. The smallest absolute Gasteiger partial charge is 0.253 e. The van der Waals surface area contributed by atoms with Crippen LogP contribution in [0, 0.1) is 6.92 Å². The molecule has 0 bridgehead atoms. The number of nitrogens with one attached hydrogen (secondary N) is 1. The fourth-order valence-corrected chi connectivity index (χ4v) is 3.56. The highest BCUT2D eigenvalue weighted by atomic mass is 16.2. The van der Waals surface area contributed by atoms with E-state index >= 15 is 0 Å². The van der Waals surface area contributed by atoms with Crippen LogP contribution in [0.4, 0.5) is 5.69 Å². The summed E-state index contributed by atoms with van der Waals surface area (Å²) in [5, 5.41) is 3.02. The standard InChI is InChI=1S/C17H22N2O2/c1-12-8-4-5-9-14(12)19-13(2)15(20)18-17(16(19)21)10-6-3-7-11-17/h4-5,8-9,13H,3,6-7,10-11H2,1-2H3,(H,18,20). The minimum Gasteiger partial charge on any atom is -0.340 e. The number of carbonyl (C=O) groups is 2. The lowest BCUT2D eigenvalue weighted by Crippen LogP contribution is -2.70. The summed E-state index contributed by atoms with van der Waals surface area (Å²) in [6, 6.07) is 7.33. The number of hydrogen-bond donors (Lipinski definition) is 1. The zero-order valence-electron chi connectivity index (χ0n) is 12.7. The first-order chi connectivity index (χ1) is 10.1. The van der Waals surface area contributed by atoms with Gasteiger partial charge in [0.15, 0.2) is 0 Å². The van der Waals surface area contributed by atoms with E-state index in [9.17, 15) is 9.59 Å². The van der Waals surface area contributed by atoms with Crippen molar-refractivity contribution in [2.24, 2.45) is 0 Å². The quantitative estimate of drug-likeness (QED) is 0.862. The number of para-hydroxylation sites is 1. The molecule has 1 aliphatic heterocycles. The molecule has 1 saturated carbocycles. The highest BCUT2D eigenvalue weighted by Crippen LogP contribution is 2.36. The van der Waals surface area contributed by atoms with E-state index in [1.165, 1.54) is 0 Å². The van der Waals surface area contributed by atoms with Crippen molar-refractivity contribution in [3.05, 3.63) is 29.8 Å². The van der Waals surface area contributed by atoms with Crippen molar-refractivity contribution < 1.29 is 9.59 Å². The summed E-state index contributed by atoms with van der Waals surface area (Å²) in [5.41, 5.74) is 1.21. The molecule has 1 aromatic rings. The van der Waals surface area contributed by atoms with E-state index in [1.54, 1.807) is 11.8 Å². The van der Waals surface area contributed by atoms with Gasteiger partial charge in [0.2, 0.25) is 5.91 Å². The van der Waals surface area contributed by atoms with Gasteiger partial charge in [-0.15, -0.1) is 0 Å². The SMILES string of the molecule is Cc1ccccc1N1C(=O)C2(CCCCC2)NC(=O)C1C. The van der Waals surface area contributed by atoms with Gasteiger partial charge >= 0.3 is 0 Å². The first-order valence-corrected chi connectivity index (χ1v) is 7.76. The highest BCUT2D eigenvalue weighted by molar-refractivity contribution is 6.11. The third kappa shape index (κ3) is 2.23. The van der Waals surface area contributed by atoms with E-state index in [4.69, 9.17) is 0 Å². The molecule has 4 nitrogen and oxygen atoms in total. The van der Waals surface area contributed by atoms with Crippen LogP contribution < -0.4 is 10.2 Å². The van der Waals surface area contributed by atoms with E-state index in [0.717, 1.165) is 43.4 Å². The molecule has 2 fully saturated rings. The molecule has 1 saturated heterocycles. The minimum absolute atomic E-state index is 0.0419. The summed E-state index contributed by atoms with van der Waals surface area (Å²) >= 11 is 0. The number of aryl methyl sites for hydroxylation is 1. The zero-order valence-corrected chi connectivity index (χ0v) is 12.7. The largest absolute Gasteiger partial charge is 0.340 e. The fraction of sp³-hybridized carbons (Fsp3) is 0.529. The van der Waals surface area contributed by atoms with Gasteiger partial charge in [-0.05, 0) is 38.3 Å². The van der Waals surface area contributed by atoms with Gasteiger partial charge in [0.05, 0.1) is 0 Å². The van der Waals surface area contributed by atoms with Gasteiger partial charge in [0, 0.05) is 5.69 Å². The summed E-state index contributed by atoms with van der Waals surface area (Å²) in [6.45, 7) is 3.78. The first kappa shape index (κ1) is 14.1. The van der Waals surface area contributed by atoms with E-state index in [1.807, 2.05) is 31.2 Å². The van der Waals surface area contributed by atoms with E-state index in [-0.39, 0.29) is 11.8 Å². The van der Waals surface area contributed by atoms with Crippen LogP contribution in [-0.2, 0) is 9.59 Å². The van der Waals surface area contributed by atoms with Gasteiger partial charge in [-0.25, -0.2) is 0 Å². The lowest BCUT2D eigenvalue weighted by Gasteiger charge is -2.47. The van der Waals surface area contributed by atoms with Crippen molar-refractivity contribution in [1.29, 1.82) is 0 Å². The Morgan fingerprint density at radius 1 is 1.14 bits per heavy atom. The maximum atomic E-state index is 13.1. The second-order valence-electron chi connectivity index (χ2n) is 6.27. The number of nitrogens with zero attached hydrogens (tertiary/aromatic N) is 1. The predicted octanol–water partition coefficient (Wildman–Crippen LogP) is 2.55. The summed E-state index contributed by atoms with van der Waals surface area (Å²) in [4.78, 5) is 27.2. The molecule has 4 heteroatoms. The average molecular weight is 286 g/mol. The molecular formula is C17H22N2O2. The molecule has 1 N–H and O–H groups in total. The van der Waals surface area contributed by atoms with Crippen molar-refractivity contribution in [2.45, 2.75) is 57.5 Å². The number of anilines is 1. The lowest BCUT2D eigenvalue weighted by molar-refractivity contribution is -0.139. The Morgan fingerprint density at radius 3 is 2.48 bits per heavy atom. The molecule has 21 heavy (non-hydrogen) atoms. The molecular weight excluding hydrogens is 264 g/mol. The van der Waals surface area contributed by atoms with Crippen LogP contribution in [0.1, 0.15) is 44.6 Å². The van der Waals surface area contributed by atoms with Crippen LogP contribution in [-0.4, -0.2) is 23.4 Å². The molecule has 0 radical (unpaired) electrons. The predicted molar refractivity (Wildman–Crippen MR) is 82.1 cm³/mol. The van der Waals surface area contributed by atoms with Gasteiger partial charge < -0.3 is 5.32 Å². The Bertz CT molecular complexity index is 576. The number of benzene rings is 1. The highest BCUT2D eigenvalue weighted by Gasteiger charge is 2.50. The van der Waals surface area contributed by atoms with E-state index < -0.39 is 11.6 Å². The first-order valence-electron chi connectivity index (χ1n) is 7.76. The summed E-state index contributed by atoms with van der Waals surface area (Å²) in [7, 11) is 0. The molecule has 1 spiro atoms. The van der Waals surface area contributed by atoms with Crippen molar-refractivity contribution >= 4 is 17.5 Å². The summed E-state index contributed by atoms with van der Waals surface area (Å²) < 4.78 is 0. The van der Waals surface area contributed by atoms with Crippen molar-refractivity contribution in [2.75, 3.05) is 4.90 Å². The van der Waals surface area contributed by atoms with Crippen LogP contribution in [0.2, 0.25) is 0 Å². The Balaban J connectivity index is 2.03. The second kappa shape index (κ2) is 5.17. The number of amides is 2. The molecule has 1 aromatic carbocycles. The van der Waals surface area contributed by atoms with Crippen molar-refractivity contribution in [1.82, 2.24) is 5.32 Å². The molecule has 1 aliphatic carbocycles. The number of rotatable bonds is 1.